The number of likely N-dealkylation sites (N-methyl/N-ethyl adjacent to an activating group) is 1. The summed E-state index contributed by atoms with van der Waals surface area (Å²) in [5, 5.41) is 3.12. The van der Waals surface area contributed by atoms with Gasteiger partial charge >= 0.3 is 0 Å². The number of aromatic nitrogens is 2. The van der Waals surface area contributed by atoms with E-state index in [2.05, 4.69) is 27.2 Å². The Bertz CT molecular complexity index is 718. The van der Waals surface area contributed by atoms with Gasteiger partial charge < -0.3 is 15.1 Å². The highest BCUT2D eigenvalue weighted by Crippen LogP contribution is 2.30. The third kappa shape index (κ3) is 2.85. The van der Waals surface area contributed by atoms with Gasteiger partial charge in [-0.3, -0.25) is 4.79 Å². The van der Waals surface area contributed by atoms with Gasteiger partial charge in [0.2, 0.25) is 5.95 Å². The van der Waals surface area contributed by atoms with E-state index in [-0.39, 0.29) is 5.91 Å². The van der Waals surface area contributed by atoms with Crippen molar-refractivity contribution in [2.75, 3.05) is 32.0 Å². The standard InChI is InChI=1S/C18H21N5O/c1-22-8-7-13-11-23(12-16(13)22)17(24)14-9-19-18(20-10-14)21-15-5-3-2-4-6-15/h2-6,9-10,13,16H,7-8,11-12H2,1H3,(H,19,20,21)/t13-,16+/m0/s1. The molecule has 2 saturated heterocycles. The number of fused-ring (bicyclic) bond motifs is 1. The molecule has 0 radical (unpaired) electrons. The van der Waals surface area contributed by atoms with Crippen molar-refractivity contribution in [3.63, 3.8) is 0 Å². The number of amides is 1. The summed E-state index contributed by atoms with van der Waals surface area (Å²) in [5.74, 6) is 1.14. The molecule has 0 spiro atoms. The first-order valence-corrected chi connectivity index (χ1v) is 8.34. The molecule has 2 aliphatic heterocycles. The van der Waals surface area contributed by atoms with Gasteiger partial charge in [0.25, 0.3) is 5.91 Å². The van der Waals surface area contributed by atoms with Gasteiger partial charge in [0.1, 0.15) is 0 Å². The fraction of sp³-hybridized carbons (Fsp3) is 0.389. The molecule has 4 rings (SSSR count). The number of nitrogens with zero attached hydrogens (tertiary/aromatic N) is 4. The normalized spacial score (nSPS) is 23.3. The maximum absolute atomic E-state index is 12.7. The van der Waals surface area contributed by atoms with Gasteiger partial charge in [-0.2, -0.15) is 0 Å². The van der Waals surface area contributed by atoms with Crippen molar-refractivity contribution in [3.05, 3.63) is 48.3 Å². The van der Waals surface area contributed by atoms with E-state index in [0.29, 0.717) is 23.5 Å². The highest BCUT2D eigenvalue weighted by Gasteiger charge is 2.41. The maximum Gasteiger partial charge on any atom is 0.257 e. The summed E-state index contributed by atoms with van der Waals surface area (Å²) in [6.45, 7) is 2.79. The quantitative estimate of drug-likeness (QED) is 0.936. The molecule has 2 aliphatic rings. The Morgan fingerprint density at radius 2 is 1.92 bits per heavy atom. The molecule has 0 saturated carbocycles. The first-order chi connectivity index (χ1) is 11.7. The smallest absolute Gasteiger partial charge is 0.257 e. The van der Waals surface area contributed by atoms with Crippen molar-refractivity contribution >= 4 is 17.5 Å². The molecule has 24 heavy (non-hydrogen) atoms. The number of rotatable bonds is 3. The third-order valence-corrected chi connectivity index (χ3v) is 5.04. The molecule has 2 atom stereocenters. The minimum atomic E-state index is 0.0315. The molecular formula is C18H21N5O. The van der Waals surface area contributed by atoms with Crippen molar-refractivity contribution in [3.8, 4) is 0 Å². The van der Waals surface area contributed by atoms with Crippen LogP contribution in [0, 0.1) is 5.92 Å². The molecule has 0 bridgehead atoms. The molecule has 2 aromatic rings. The molecule has 6 heteroatoms. The number of carbonyl (C=O) groups is 1. The number of hydrogen-bond donors (Lipinski definition) is 1. The molecule has 0 aliphatic carbocycles. The van der Waals surface area contributed by atoms with E-state index in [4.69, 9.17) is 0 Å². The zero-order valence-electron chi connectivity index (χ0n) is 13.7. The Kier molecular flexibility index (Phi) is 3.90. The summed E-state index contributed by atoms with van der Waals surface area (Å²) >= 11 is 0. The molecule has 1 N–H and O–H groups in total. The maximum atomic E-state index is 12.7. The van der Waals surface area contributed by atoms with Gasteiger partial charge in [0, 0.05) is 37.2 Å². The highest BCUT2D eigenvalue weighted by molar-refractivity contribution is 5.94. The van der Waals surface area contributed by atoms with Crippen molar-refractivity contribution in [1.29, 1.82) is 0 Å². The Morgan fingerprint density at radius 3 is 2.62 bits per heavy atom. The Morgan fingerprint density at radius 1 is 1.17 bits per heavy atom. The molecule has 3 heterocycles. The van der Waals surface area contributed by atoms with Crippen molar-refractivity contribution < 1.29 is 4.79 Å². The number of likely N-dealkylation sites (tertiary alicyclic amines) is 2. The van der Waals surface area contributed by atoms with Gasteiger partial charge in [-0.15, -0.1) is 0 Å². The first kappa shape index (κ1) is 15.1. The van der Waals surface area contributed by atoms with E-state index in [0.717, 1.165) is 25.3 Å². The second kappa shape index (κ2) is 6.20. The number of anilines is 2. The van der Waals surface area contributed by atoms with Crippen LogP contribution in [-0.4, -0.2) is 58.4 Å². The van der Waals surface area contributed by atoms with Crippen LogP contribution in [0.5, 0.6) is 0 Å². The molecule has 2 fully saturated rings. The van der Waals surface area contributed by atoms with Gasteiger partial charge in [0.05, 0.1) is 5.56 Å². The monoisotopic (exact) mass is 323 g/mol. The van der Waals surface area contributed by atoms with Crippen LogP contribution >= 0.6 is 0 Å². The number of hydrogen-bond acceptors (Lipinski definition) is 5. The predicted octanol–water partition coefficient (Wildman–Crippen LogP) is 2.00. The Hall–Kier alpha value is -2.47. The molecule has 1 aromatic heterocycles. The fourth-order valence-electron chi connectivity index (χ4n) is 3.67. The third-order valence-electron chi connectivity index (χ3n) is 5.04. The number of nitrogens with one attached hydrogen (secondary N) is 1. The van der Waals surface area contributed by atoms with Crippen LogP contribution in [0.15, 0.2) is 42.7 Å². The lowest BCUT2D eigenvalue weighted by Gasteiger charge is -2.20. The summed E-state index contributed by atoms with van der Waals surface area (Å²) in [4.78, 5) is 25.5. The number of carbonyl (C=O) groups excluding carboxylic acids is 1. The van der Waals surface area contributed by atoms with Crippen molar-refractivity contribution in [2.24, 2.45) is 5.92 Å². The molecule has 0 unspecified atom stereocenters. The molecular weight excluding hydrogens is 302 g/mol. The second-order valence-corrected chi connectivity index (χ2v) is 6.59. The molecule has 6 nitrogen and oxygen atoms in total. The Balaban J connectivity index is 1.42. The lowest BCUT2D eigenvalue weighted by atomic mass is 10.1. The van der Waals surface area contributed by atoms with Crippen molar-refractivity contribution in [2.45, 2.75) is 12.5 Å². The van der Waals surface area contributed by atoms with Crippen LogP contribution in [-0.2, 0) is 0 Å². The van der Waals surface area contributed by atoms with Crippen LogP contribution in [0.3, 0.4) is 0 Å². The summed E-state index contributed by atoms with van der Waals surface area (Å²) in [6, 6.07) is 10.2. The predicted molar refractivity (Wildman–Crippen MR) is 92.2 cm³/mol. The average Bonchev–Trinajstić information content (AvgIpc) is 3.18. The zero-order valence-corrected chi connectivity index (χ0v) is 13.7. The molecule has 1 amide bonds. The van der Waals surface area contributed by atoms with Gasteiger partial charge in [0.15, 0.2) is 0 Å². The summed E-state index contributed by atoms with van der Waals surface area (Å²) in [5.41, 5.74) is 1.48. The zero-order chi connectivity index (χ0) is 16.5. The number of para-hydroxylation sites is 1. The minimum absolute atomic E-state index is 0.0315. The van der Waals surface area contributed by atoms with Crippen LogP contribution in [0.4, 0.5) is 11.6 Å². The van der Waals surface area contributed by atoms with E-state index in [1.54, 1.807) is 12.4 Å². The van der Waals surface area contributed by atoms with Gasteiger partial charge in [-0.05, 0) is 38.1 Å². The van der Waals surface area contributed by atoms with E-state index < -0.39 is 0 Å². The van der Waals surface area contributed by atoms with E-state index in [9.17, 15) is 4.79 Å². The van der Waals surface area contributed by atoms with Crippen LogP contribution in [0.25, 0.3) is 0 Å². The minimum Gasteiger partial charge on any atom is -0.337 e. The average molecular weight is 323 g/mol. The van der Waals surface area contributed by atoms with Gasteiger partial charge in [-0.1, -0.05) is 18.2 Å². The van der Waals surface area contributed by atoms with Crippen LogP contribution < -0.4 is 5.32 Å². The van der Waals surface area contributed by atoms with E-state index in [1.165, 1.54) is 6.42 Å². The topological polar surface area (TPSA) is 61.4 Å². The SMILES string of the molecule is CN1CC[C@H]2CN(C(=O)c3cnc(Nc4ccccc4)nc3)C[C@H]21. The molecule has 1 aromatic carbocycles. The summed E-state index contributed by atoms with van der Waals surface area (Å²) in [6.07, 6.45) is 4.40. The number of benzene rings is 1. The highest BCUT2D eigenvalue weighted by atomic mass is 16.2. The molecule has 124 valence electrons. The fourth-order valence-corrected chi connectivity index (χ4v) is 3.67. The van der Waals surface area contributed by atoms with E-state index >= 15 is 0 Å². The summed E-state index contributed by atoms with van der Waals surface area (Å²) in [7, 11) is 2.14. The first-order valence-electron chi connectivity index (χ1n) is 8.34. The van der Waals surface area contributed by atoms with Crippen molar-refractivity contribution in [1.82, 2.24) is 19.8 Å². The summed E-state index contributed by atoms with van der Waals surface area (Å²) < 4.78 is 0. The van der Waals surface area contributed by atoms with E-state index in [1.807, 2.05) is 35.2 Å². The largest absolute Gasteiger partial charge is 0.337 e. The Labute approximate surface area is 141 Å². The van der Waals surface area contributed by atoms with Gasteiger partial charge in [-0.25, -0.2) is 9.97 Å². The lowest BCUT2D eigenvalue weighted by Crippen LogP contribution is -2.35. The lowest BCUT2D eigenvalue weighted by molar-refractivity contribution is 0.0774. The van der Waals surface area contributed by atoms with Crippen LogP contribution in [0.1, 0.15) is 16.8 Å². The second-order valence-electron chi connectivity index (χ2n) is 6.59. The van der Waals surface area contributed by atoms with Crippen LogP contribution in [0.2, 0.25) is 0 Å².